The number of amides is 1. The van der Waals surface area contributed by atoms with Crippen LogP contribution in [0, 0.1) is 17.8 Å². The molecule has 4 rings (SSSR count). The standard InChI is InChI=1S/C18H30N2O/c1-19-10-2-4-16(19)17-5-3-11-20(17)18(21)12-15(13-6-7-13)14-8-9-14/h13-17H,2-12H2,1H3/t16-,17-/m0/s1. The molecular weight excluding hydrogens is 260 g/mol. The Morgan fingerprint density at radius 3 is 2.14 bits per heavy atom. The lowest BCUT2D eigenvalue weighted by molar-refractivity contribution is -0.134. The highest BCUT2D eigenvalue weighted by Crippen LogP contribution is 2.51. The average molecular weight is 290 g/mol. The van der Waals surface area contributed by atoms with Crippen molar-refractivity contribution in [1.82, 2.24) is 9.80 Å². The van der Waals surface area contributed by atoms with Crippen LogP contribution in [-0.4, -0.2) is 47.9 Å². The fourth-order valence-corrected chi connectivity index (χ4v) is 5.01. The lowest BCUT2D eigenvalue weighted by atomic mass is 9.93. The fraction of sp³-hybridized carbons (Fsp3) is 0.944. The molecule has 2 atom stereocenters. The molecule has 4 fully saturated rings. The molecule has 4 aliphatic rings. The molecule has 2 saturated heterocycles. The maximum absolute atomic E-state index is 12.9. The van der Waals surface area contributed by atoms with Gasteiger partial charge in [0, 0.05) is 25.0 Å². The molecule has 0 aromatic rings. The molecule has 2 aliphatic heterocycles. The molecule has 0 bridgehead atoms. The second-order valence-corrected chi connectivity index (χ2v) is 8.03. The van der Waals surface area contributed by atoms with E-state index in [-0.39, 0.29) is 0 Å². The first-order valence-electron chi connectivity index (χ1n) is 9.24. The third kappa shape index (κ3) is 2.86. The van der Waals surface area contributed by atoms with Gasteiger partial charge < -0.3 is 9.80 Å². The van der Waals surface area contributed by atoms with Crippen LogP contribution >= 0.6 is 0 Å². The molecule has 2 saturated carbocycles. The van der Waals surface area contributed by atoms with Gasteiger partial charge in [0.1, 0.15) is 0 Å². The summed E-state index contributed by atoms with van der Waals surface area (Å²) in [7, 11) is 2.25. The molecule has 0 radical (unpaired) electrons. The SMILES string of the molecule is CN1CCC[C@H]1[C@@H]1CCCN1C(=O)CC(C1CC1)C1CC1. The maximum atomic E-state index is 12.9. The molecule has 2 heterocycles. The van der Waals surface area contributed by atoms with Crippen molar-refractivity contribution < 1.29 is 4.79 Å². The summed E-state index contributed by atoms with van der Waals surface area (Å²) in [6, 6.07) is 1.15. The van der Waals surface area contributed by atoms with Crippen molar-refractivity contribution in [2.24, 2.45) is 17.8 Å². The number of nitrogens with zero attached hydrogens (tertiary/aromatic N) is 2. The zero-order valence-electron chi connectivity index (χ0n) is 13.5. The van der Waals surface area contributed by atoms with E-state index in [1.54, 1.807) is 0 Å². The molecule has 0 N–H and O–H groups in total. The summed E-state index contributed by atoms with van der Waals surface area (Å²) < 4.78 is 0. The summed E-state index contributed by atoms with van der Waals surface area (Å²) in [6.45, 7) is 2.24. The van der Waals surface area contributed by atoms with E-state index in [9.17, 15) is 4.79 Å². The van der Waals surface area contributed by atoms with Crippen molar-refractivity contribution in [3.05, 3.63) is 0 Å². The molecule has 21 heavy (non-hydrogen) atoms. The summed E-state index contributed by atoms with van der Waals surface area (Å²) in [4.78, 5) is 17.7. The molecule has 3 heteroatoms. The average Bonchev–Trinajstić information content (AvgIpc) is 3.39. The van der Waals surface area contributed by atoms with Gasteiger partial charge in [0.15, 0.2) is 0 Å². The van der Waals surface area contributed by atoms with E-state index in [0.29, 0.717) is 18.0 Å². The monoisotopic (exact) mass is 290 g/mol. The highest BCUT2D eigenvalue weighted by atomic mass is 16.2. The van der Waals surface area contributed by atoms with E-state index in [2.05, 4.69) is 16.8 Å². The van der Waals surface area contributed by atoms with E-state index < -0.39 is 0 Å². The Hall–Kier alpha value is -0.570. The first kappa shape index (κ1) is 14.0. The first-order chi connectivity index (χ1) is 10.2. The Labute approximate surface area is 129 Å². The quantitative estimate of drug-likeness (QED) is 0.777. The van der Waals surface area contributed by atoms with Gasteiger partial charge >= 0.3 is 0 Å². The van der Waals surface area contributed by atoms with Crippen molar-refractivity contribution in [2.45, 2.75) is 69.9 Å². The van der Waals surface area contributed by atoms with Gasteiger partial charge in [-0.25, -0.2) is 0 Å². The van der Waals surface area contributed by atoms with E-state index in [4.69, 9.17) is 0 Å². The summed E-state index contributed by atoms with van der Waals surface area (Å²) in [5.74, 6) is 3.02. The summed E-state index contributed by atoms with van der Waals surface area (Å²) in [5, 5.41) is 0. The van der Waals surface area contributed by atoms with Crippen LogP contribution in [0.3, 0.4) is 0 Å². The molecule has 1 amide bonds. The minimum atomic E-state index is 0.488. The lowest BCUT2D eigenvalue weighted by Crippen LogP contribution is -2.47. The van der Waals surface area contributed by atoms with Gasteiger partial charge in [0.05, 0.1) is 0 Å². The van der Waals surface area contributed by atoms with Crippen LogP contribution in [0.5, 0.6) is 0 Å². The molecule has 0 aromatic carbocycles. The highest BCUT2D eigenvalue weighted by molar-refractivity contribution is 5.77. The van der Waals surface area contributed by atoms with E-state index in [1.807, 2.05) is 0 Å². The second-order valence-electron chi connectivity index (χ2n) is 8.03. The smallest absolute Gasteiger partial charge is 0.223 e. The van der Waals surface area contributed by atoms with Crippen LogP contribution in [0.2, 0.25) is 0 Å². The van der Waals surface area contributed by atoms with Gasteiger partial charge in [-0.2, -0.15) is 0 Å². The van der Waals surface area contributed by atoms with Gasteiger partial charge in [0.2, 0.25) is 5.91 Å². The predicted octanol–water partition coefficient (Wildman–Crippen LogP) is 2.90. The first-order valence-corrected chi connectivity index (χ1v) is 9.24. The molecule has 0 aromatic heterocycles. The highest BCUT2D eigenvalue weighted by Gasteiger charge is 2.44. The molecular formula is C18H30N2O. The van der Waals surface area contributed by atoms with Crippen molar-refractivity contribution in [3.8, 4) is 0 Å². The Balaban J connectivity index is 1.40. The van der Waals surface area contributed by atoms with E-state index in [0.717, 1.165) is 30.7 Å². The van der Waals surface area contributed by atoms with Gasteiger partial charge in [0.25, 0.3) is 0 Å². The Kier molecular flexibility index (Phi) is 3.72. The summed E-state index contributed by atoms with van der Waals surface area (Å²) in [6.07, 6.45) is 11.5. The molecule has 0 unspecified atom stereocenters. The summed E-state index contributed by atoms with van der Waals surface area (Å²) in [5.41, 5.74) is 0. The van der Waals surface area contributed by atoms with E-state index in [1.165, 1.54) is 57.9 Å². The molecule has 3 nitrogen and oxygen atoms in total. The fourth-order valence-electron chi connectivity index (χ4n) is 5.01. The van der Waals surface area contributed by atoms with Gasteiger partial charge in [-0.1, -0.05) is 0 Å². The van der Waals surface area contributed by atoms with Crippen LogP contribution in [0.4, 0.5) is 0 Å². The van der Waals surface area contributed by atoms with Gasteiger partial charge in [-0.3, -0.25) is 4.79 Å². The second kappa shape index (κ2) is 5.57. The van der Waals surface area contributed by atoms with Crippen LogP contribution in [0.25, 0.3) is 0 Å². The minimum absolute atomic E-state index is 0.488. The van der Waals surface area contributed by atoms with Crippen LogP contribution in [0.15, 0.2) is 0 Å². The van der Waals surface area contributed by atoms with Crippen molar-refractivity contribution in [3.63, 3.8) is 0 Å². The largest absolute Gasteiger partial charge is 0.338 e. The van der Waals surface area contributed by atoms with E-state index >= 15 is 0 Å². The molecule has 2 aliphatic carbocycles. The number of likely N-dealkylation sites (N-methyl/N-ethyl adjacent to an activating group) is 1. The minimum Gasteiger partial charge on any atom is -0.338 e. The van der Waals surface area contributed by atoms with Crippen LogP contribution in [0.1, 0.15) is 57.8 Å². The van der Waals surface area contributed by atoms with Crippen molar-refractivity contribution in [2.75, 3.05) is 20.1 Å². The maximum Gasteiger partial charge on any atom is 0.223 e. The molecule has 118 valence electrons. The van der Waals surface area contributed by atoms with Gasteiger partial charge in [-0.15, -0.1) is 0 Å². The predicted molar refractivity (Wildman–Crippen MR) is 83.9 cm³/mol. The normalized spacial score (nSPS) is 34.1. The van der Waals surface area contributed by atoms with Crippen molar-refractivity contribution in [1.29, 1.82) is 0 Å². The Morgan fingerprint density at radius 2 is 1.57 bits per heavy atom. The number of rotatable bonds is 5. The third-order valence-corrected chi connectivity index (χ3v) is 6.51. The topological polar surface area (TPSA) is 23.6 Å². The van der Waals surface area contributed by atoms with Gasteiger partial charge in [-0.05, 0) is 82.7 Å². The number of hydrogen-bond donors (Lipinski definition) is 0. The zero-order valence-corrected chi connectivity index (χ0v) is 13.5. The Morgan fingerprint density at radius 1 is 0.952 bits per heavy atom. The van der Waals surface area contributed by atoms with Crippen LogP contribution < -0.4 is 0 Å². The number of hydrogen-bond acceptors (Lipinski definition) is 2. The number of likely N-dealkylation sites (tertiary alicyclic amines) is 2. The number of carbonyl (C=O) groups is 1. The summed E-state index contributed by atoms with van der Waals surface area (Å²) >= 11 is 0. The third-order valence-electron chi connectivity index (χ3n) is 6.51. The van der Waals surface area contributed by atoms with Crippen LogP contribution in [-0.2, 0) is 4.79 Å². The lowest BCUT2D eigenvalue weighted by Gasteiger charge is -2.34. The zero-order chi connectivity index (χ0) is 14.4. The number of carbonyl (C=O) groups excluding carboxylic acids is 1. The van der Waals surface area contributed by atoms with Crippen molar-refractivity contribution >= 4 is 5.91 Å². The molecule has 0 spiro atoms. The Bertz CT molecular complexity index is 390.